The van der Waals surface area contributed by atoms with Gasteiger partial charge in [0.1, 0.15) is 0 Å². The molecule has 2 heterocycles. The molecule has 0 N–H and O–H groups in total. The maximum atomic E-state index is 13.4. The topological polar surface area (TPSA) is 40.6 Å². The van der Waals surface area contributed by atoms with Crippen molar-refractivity contribution in [2.24, 2.45) is 0 Å². The molecule has 1 aromatic heterocycles. The summed E-state index contributed by atoms with van der Waals surface area (Å²) in [5.41, 5.74) is 0.882. The lowest BCUT2D eigenvalue weighted by Crippen LogP contribution is -2.46. The van der Waals surface area contributed by atoms with E-state index in [4.69, 9.17) is 0 Å². The molecule has 164 valence electrons. The Morgan fingerprint density at radius 2 is 1.45 bits per heavy atom. The van der Waals surface area contributed by atoms with Gasteiger partial charge < -0.3 is 4.90 Å². The van der Waals surface area contributed by atoms with Gasteiger partial charge in [0, 0.05) is 37.6 Å². The molecule has 1 unspecified atom stereocenters. The zero-order valence-electron chi connectivity index (χ0n) is 17.8. The summed E-state index contributed by atoms with van der Waals surface area (Å²) in [6.45, 7) is 6.22. The van der Waals surface area contributed by atoms with E-state index in [1.165, 1.54) is 4.88 Å². The SMILES string of the molecule is O=S(=O)(c1ccccc1)C(CCCN1CCN(Cc2cccs2)CC1)c1ccccc1. The van der Waals surface area contributed by atoms with Crippen molar-refractivity contribution in [3.8, 4) is 0 Å². The molecule has 1 atom stereocenters. The summed E-state index contributed by atoms with van der Waals surface area (Å²) >= 11 is 1.82. The molecule has 0 saturated carbocycles. The van der Waals surface area contributed by atoms with Crippen molar-refractivity contribution >= 4 is 21.2 Å². The Balaban J connectivity index is 1.34. The number of thiophene rings is 1. The van der Waals surface area contributed by atoms with Crippen LogP contribution in [0.4, 0.5) is 0 Å². The largest absolute Gasteiger partial charge is 0.301 e. The lowest BCUT2D eigenvalue weighted by atomic mass is 10.1. The summed E-state index contributed by atoms with van der Waals surface area (Å²) in [5, 5.41) is 1.63. The molecular weight excluding hydrogens is 424 g/mol. The first-order valence-electron chi connectivity index (χ1n) is 10.9. The van der Waals surface area contributed by atoms with Gasteiger partial charge >= 0.3 is 0 Å². The Bertz CT molecular complexity index is 1010. The van der Waals surface area contributed by atoms with Crippen LogP contribution >= 0.6 is 11.3 Å². The van der Waals surface area contributed by atoms with Crippen LogP contribution in [0.5, 0.6) is 0 Å². The molecule has 1 aliphatic heterocycles. The van der Waals surface area contributed by atoms with Crippen LogP contribution < -0.4 is 0 Å². The molecule has 1 fully saturated rings. The Morgan fingerprint density at radius 1 is 0.806 bits per heavy atom. The number of sulfone groups is 1. The number of hydrogen-bond donors (Lipinski definition) is 0. The molecule has 2 aromatic carbocycles. The lowest BCUT2D eigenvalue weighted by molar-refractivity contribution is 0.126. The zero-order chi connectivity index (χ0) is 21.5. The monoisotopic (exact) mass is 454 g/mol. The summed E-state index contributed by atoms with van der Waals surface area (Å²) in [6, 6.07) is 22.8. The van der Waals surface area contributed by atoms with Crippen LogP contribution in [-0.4, -0.2) is 50.9 Å². The average molecular weight is 455 g/mol. The minimum absolute atomic E-state index is 0.408. The molecule has 1 aliphatic rings. The first-order valence-corrected chi connectivity index (χ1v) is 13.4. The third kappa shape index (κ3) is 5.83. The second-order valence-electron chi connectivity index (χ2n) is 8.10. The number of benzene rings is 2. The minimum Gasteiger partial charge on any atom is -0.301 e. The molecule has 0 spiro atoms. The van der Waals surface area contributed by atoms with E-state index in [0.29, 0.717) is 11.3 Å². The third-order valence-corrected chi connectivity index (χ3v) is 9.03. The number of piperazine rings is 1. The van der Waals surface area contributed by atoms with Gasteiger partial charge in [0.2, 0.25) is 0 Å². The van der Waals surface area contributed by atoms with Crippen molar-refractivity contribution < 1.29 is 8.42 Å². The fraction of sp³-hybridized carbons (Fsp3) is 0.360. The zero-order valence-corrected chi connectivity index (χ0v) is 19.4. The molecule has 31 heavy (non-hydrogen) atoms. The highest BCUT2D eigenvalue weighted by molar-refractivity contribution is 7.91. The molecule has 0 bridgehead atoms. The molecule has 0 aliphatic carbocycles. The fourth-order valence-electron chi connectivity index (χ4n) is 4.24. The summed E-state index contributed by atoms with van der Waals surface area (Å²) in [7, 11) is -3.42. The number of hydrogen-bond acceptors (Lipinski definition) is 5. The Kier molecular flexibility index (Phi) is 7.56. The van der Waals surface area contributed by atoms with Gasteiger partial charge in [-0.2, -0.15) is 0 Å². The van der Waals surface area contributed by atoms with E-state index in [-0.39, 0.29) is 0 Å². The molecule has 4 nitrogen and oxygen atoms in total. The smallest absolute Gasteiger partial charge is 0.185 e. The molecule has 1 saturated heterocycles. The van der Waals surface area contributed by atoms with Crippen LogP contribution in [0.1, 0.15) is 28.5 Å². The van der Waals surface area contributed by atoms with Gasteiger partial charge in [-0.05, 0) is 48.5 Å². The van der Waals surface area contributed by atoms with Gasteiger partial charge in [-0.1, -0.05) is 54.6 Å². The van der Waals surface area contributed by atoms with Crippen molar-refractivity contribution in [1.29, 1.82) is 0 Å². The van der Waals surface area contributed by atoms with Gasteiger partial charge in [-0.3, -0.25) is 4.90 Å². The van der Waals surface area contributed by atoms with Gasteiger partial charge in [0.25, 0.3) is 0 Å². The van der Waals surface area contributed by atoms with Crippen molar-refractivity contribution in [3.05, 3.63) is 88.6 Å². The van der Waals surface area contributed by atoms with Crippen molar-refractivity contribution in [1.82, 2.24) is 9.80 Å². The Hall–Kier alpha value is -1.99. The standard InChI is InChI=1S/C25H30N2O2S2/c28-31(29,24-12-5-2-6-13-24)25(22-9-3-1-4-10-22)14-7-15-26-16-18-27(19-17-26)21-23-11-8-20-30-23/h1-6,8-13,20,25H,7,14-19,21H2. The summed E-state index contributed by atoms with van der Waals surface area (Å²) in [6.07, 6.45) is 1.51. The van der Waals surface area contributed by atoms with E-state index in [9.17, 15) is 8.42 Å². The van der Waals surface area contributed by atoms with E-state index >= 15 is 0 Å². The predicted octanol–water partition coefficient (Wildman–Crippen LogP) is 4.86. The van der Waals surface area contributed by atoms with Crippen LogP contribution in [-0.2, 0) is 16.4 Å². The number of nitrogens with zero attached hydrogens (tertiary/aromatic N) is 2. The molecule has 3 aromatic rings. The van der Waals surface area contributed by atoms with Crippen LogP contribution in [0.25, 0.3) is 0 Å². The highest BCUT2D eigenvalue weighted by atomic mass is 32.2. The second-order valence-corrected chi connectivity index (χ2v) is 11.3. The van der Waals surface area contributed by atoms with E-state index in [1.807, 2.05) is 47.7 Å². The molecule has 0 amide bonds. The molecule has 6 heteroatoms. The second kappa shape index (κ2) is 10.6. The summed E-state index contributed by atoms with van der Waals surface area (Å²) < 4.78 is 26.8. The fourth-order valence-corrected chi connectivity index (χ4v) is 6.84. The van der Waals surface area contributed by atoms with Crippen molar-refractivity contribution in [2.45, 2.75) is 29.5 Å². The quantitative estimate of drug-likeness (QED) is 0.463. The van der Waals surface area contributed by atoms with Gasteiger partial charge in [0.15, 0.2) is 9.84 Å². The highest BCUT2D eigenvalue weighted by Crippen LogP contribution is 2.32. The maximum Gasteiger partial charge on any atom is 0.185 e. The van der Waals surface area contributed by atoms with E-state index in [0.717, 1.165) is 51.3 Å². The third-order valence-electron chi connectivity index (χ3n) is 5.98. The van der Waals surface area contributed by atoms with Crippen LogP contribution in [0.3, 0.4) is 0 Å². The van der Waals surface area contributed by atoms with E-state index < -0.39 is 15.1 Å². The van der Waals surface area contributed by atoms with Crippen molar-refractivity contribution in [2.75, 3.05) is 32.7 Å². The molecular formula is C25H30N2O2S2. The summed E-state index contributed by atoms with van der Waals surface area (Å²) in [5.74, 6) is 0. The van der Waals surface area contributed by atoms with Gasteiger partial charge in [-0.25, -0.2) is 8.42 Å². The highest BCUT2D eigenvalue weighted by Gasteiger charge is 2.29. The van der Waals surface area contributed by atoms with Gasteiger partial charge in [-0.15, -0.1) is 11.3 Å². The molecule has 4 rings (SSSR count). The maximum absolute atomic E-state index is 13.4. The van der Waals surface area contributed by atoms with Gasteiger partial charge in [0.05, 0.1) is 10.1 Å². The predicted molar refractivity (Wildman–Crippen MR) is 128 cm³/mol. The molecule has 0 radical (unpaired) electrons. The average Bonchev–Trinajstić information content (AvgIpc) is 3.32. The lowest BCUT2D eigenvalue weighted by Gasteiger charge is -2.34. The van der Waals surface area contributed by atoms with E-state index in [2.05, 4.69) is 27.3 Å². The Labute approximate surface area is 190 Å². The normalized spacial score (nSPS) is 16.9. The number of rotatable bonds is 9. The summed E-state index contributed by atoms with van der Waals surface area (Å²) in [4.78, 5) is 6.81. The van der Waals surface area contributed by atoms with Crippen LogP contribution in [0, 0.1) is 0 Å². The van der Waals surface area contributed by atoms with Crippen LogP contribution in [0.15, 0.2) is 83.1 Å². The van der Waals surface area contributed by atoms with E-state index in [1.54, 1.807) is 24.3 Å². The first-order chi connectivity index (χ1) is 15.1. The Morgan fingerprint density at radius 3 is 2.10 bits per heavy atom. The van der Waals surface area contributed by atoms with Crippen molar-refractivity contribution in [3.63, 3.8) is 0 Å². The minimum atomic E-state index is -3.42. The first kappa shape index (κ1) is 22.2. The van der Waals surface area contributed by atoms with Crippen LogP contribution in [0.2, 0.25) is 0 Å².